The fraction of sp³-hybridized carbons (Fsp3) is 0.0526. The van der Waals surface area contributed by atoms with Crippen LogP contribution in [0.15, 0.2) is 133 Å². The van der Waals surface area contributed by atoms with Gasteiger partial charge in [0, 0.05) is 33.4 Å². The summed E-state index contributed by atoms with van der Waals surface area (Å²) in [7, 11) is 0. The molecule has 0 aromatic heterocycles. The van der Waals surface area contributed by atoms with Crippen molar-refractivity contribution in [3.8, 4) is 11.1 Å². The van der Waals surface area contributed by atoms with Crippen LogP contribution in [-0.2, 0) is 0 Å². The van der Waals surface area contributed by atoms with Crippen molar-refractivity contribution >= 4 is 55.1 Å². The lowest BCUT2D eigenvalue weighted by molar-refractivity contribution is 1.28. The number of hydrogen-bond acceptors (Lipinski definition) is 2. The third-order valence-electron chi connectivity index (χ3n) is 7.92. The molecule has 0 spiro atoms. The molecule has 0 saturated carbocycles. The molecule has 0 atom stereocenters. The molecule has 7 aromatic carbocycles. The van der Waals surface area contributed by atoms with E-state index in [0.29, 0.717) is 0 Å². The van der Waals surface area contributed by atoms with Crippen molar-refractivity contribution in [3.63, 3.8) is 0 Å². The van der Waals surface area contributed by atoms with E-state index in [1.807, 2.05) is 12.1 Å². The second-order valence-electron chi connectivity index (χ2n) is 10.6. The van der Waals surface area contributed by atoms with Gasteiger partial charge in [0.25, 0.3) is 0 Å². The highest BCUT2D eigenvalue weighted by Crippen LogP contribution is 2.46. The number of aryl methyl sites for hydroxylation is 2. The Kier molecular flexibility index (Phi) is 5.75. The highest BCUT2D eigenvalue weighted by Gasteiger charge is 2.19. The first-order valence-electron chi connectivity index (χ1n) is 13.7. The number of nitrogens with zero attached hydrogens (tertiary/aromatic N) is 1. The van der Waals surface area contributed by atoms with Gasteiger partial charge in [-0.1, -0.05) is 102 Å². The highest BCUT2D eigenvalue weighted by atomic mass is 15.1. The molecule has 0 heterocycles. The fourth-order valence-electron chi connectivity index (χ4n) is 5.94. The summed E-state index contributed by atoms with van der Waals surface area (Å²) in [5.41, 5.74) is 15.7. The molecule has 0 aliphatic carbocycles. The normalized spacial score (nSPS) is 11.3. The molecule has 2 nitrogen and oxygen atoms in total. The standard InChI is InChI=1S/C38H30N2/c1-25-14-18-29(19-15-25)40(30-20-16-26(2)17-21-30)36-23-22-34(32-11-5-6-12-33(32)36)38-31-10-4-3-8-27(31)24-28-9-7-13-35(39)37(28)38/h3-24H,39H2,1-2H3. The molecule has 7 aromatic rings. The van der Waals surface area contributed by atoms with Gasteiger partial charge in [-0.25, -0.2) is 0 Å². The molecule has 40 heavy (non-hydrogen) atoms. The SMILES string of the molecule is Cc1ccc(N(c2ccc(C)cc2)c2ccc(-c3c4ccccc4cc4cccc(N)c34)c3ccccc23)cc1. The van der Waals surface area contributed by atoms with Crippen molar-refractivity contribution in [2.75, 3.05) is 10.6 Å². The topological polar surface area (TPSA) is 29.3 Å². The fourth-order valence-corrected chi connectivity index (χ4v) is 5.94. The molecule has 2 heteroatoms. The number of nitrogens with two attached hydrogens (primary N) is 1. The molecule has 0 amide bonds. The first kappa shape index (κ1) is 24.0. The van der Waals surface area contributed by atoms with Crippen molar-refractivity contribution in [3.05, 3.63) is 145 Å². The first-order valence-corrected chi connectivity index (χ1v) is 13.7. The van der Waals surface area contributed by atoms with E-state index < -0.39 is 0 Å². The summed E-state index contributed by atoms with van der Waals surface area (Å²) >= 11 is 0. The Labute approximate surface area is 234 Å². The van der Waals surface area contributed by atoms with Gasteiger partial charge in [0.15, 0.2) is 0 Å². The van der Waals surface area contributed by atoms with Gasteiger partial charge in [-0.15, -0.1) is 0 Å². The second kappa shape index (κ2) is 9.59. The molecule has 0 fully saturated rings. The van der Waals surface area contributed by atoms with E-state index >= 15 is 0 Å². The van der Waals surface area contributed by atoms with E-state index in [0.717, 1.165) is 33.5 Å². The Morgan fingerprint density at radius 1 is 0.500 bits per heavy atom. The molecule has 0 aliphatic heterocycles. The average molecular weight is 515 g/mol. The Bertz CT molecular complexity index is 1970. The van der Waals surface area contributed by atoms with Crippen molar-refractivity contribution in [1.29, 1.82) is 0 Å². The zero-order valence-corrected chi connectivity index (χ0v) is 22.7. The number of nitrogen functional groups attached to an aromatic ring is 1. The van der Waals surface area contributed by atoms with Crippen LogP contribution < -0.4 is 10.6 Å². The van der Waals surface area contributed by atoms with Crippen LogP contribution in [0.3, 0.4) is 0 Å². The third kappa shape index (κ3) is 3.97. The molecular formula is C38H30N2. The van der Waals surface area contributed by atoms with Crippen LogP contribution in [0.2, 0.25) is 0 Å². The van der Waals surface area contributed by atoms with Crippen molar-refractivity contribution in [2.45, 2.75) is 13.8 Å². The first-order chi connectivity index (χ1) is 19.6. The monoisotopic (exact) mass is 514 g/mol. The molecule has 2 N–H and O–H groups in total. The summed E-state index contributed by atoms with van der Waals surface area (Å²) in [6, 6.07) is 47.9. The highest BCUT2D eigenvalue weighted by molar-refractivity contribution is 6.21. The summed E-state index contributed by atoms with van der Waals surface area (Å²) in [4.78, 5) is 2.36. The molecule has 192 valence electrons. The number of fused-ring (bicyclic) bond motifs is 3. The predicted molar refractivity (Wildman–Crippen MR) is 173 cm³/mol. The second-order valence-corrected chi connectivity index (χ2v) is 10.6. The zero-order chi connectivity index (χ0) is 27.2. The number of anilines is 4. The quantitative estimate of drug-likeness (QED) is 0.187. The van der Waals surface area contributed by atoms with Gasteiger partial charge in [-0.05, 0) is 83.4 Å². The summed E-state index contributed by atoms with van der Waals surface area (Å²) in [5, 5.41) is 7.07. The van der Waals surface area contributed by atoms with Crippen LogP contribution >= 0.6 is 0 Å². The van der Waals surface area contributed by atoms with Gasteiger partial charge in [0.05, 0.1) is 5.69 Å². The van der Waals surface area contributed by atoms with Crippen LogP contribution in [0.4, 0.5) is 22.7 Å². The maximum absolute atomic E-state index is 6.68. The van der Waals surface area contributed by atoms with Crippen molar-refractivity contribution in [2.24, 2.45) is 0 Å². The van der Waals surface area contributed by atoms with Gasteiger partial charge in [-0.2, -0.15) is 0 Å². The largest absolute Gasteiger partial charge is 0.398 e. The molecule has 0 unspecified atom stereocenters. The number of hydrogen-bond donors (Lipinski definition) is 1. The lowest BCUT2D eigenvalue weighted by Crippen LogP contribution is -2.10. The lowest BCUT2D eigenvalue weighted by Gasteiger charge is -2.28. The molecule has 0 radical (unpaired) electrons. The van der Waals surface area contributed by atoms with Gasteiger partial charge < -0.3 is 10.6 Å². The van der Waals surface area contributed by atoms with E-state index in [9.17, 15) is 0 Å². The van der Waals surface area contributed by atoms with E-state index in [4.69, 9.17) is 5.73 Å². The maximum atomic E-state index is 6.68. The molecule has 0 saturated heterocycles. The molecule has 0 bridgehead atoms. The lowest BCUT2D eigenvalue weighted by atomic mass is 9.88. The van der Waals surface area contributed by atoms with Crippen LogP contribution in [0.1, 0.15) is 11.1 Å². The van der Waals surface area contributed by atoms with Gasteiger partial charge in [0.2, 0.25) is 0 Å². The van der Waals surface area contributed by atoms with Gasteiger partial charge in [0.1, 0.15) is 0 Å². The smallest absolute Gasteiger partial charge is 0.0540 e. The van der Waals surface area contributed by atoms with Crippen molar-refractivity contribution < 1.29 is 0 Å². The number of rotatable bonds is 4. The summed E-state index contributed by atoms with van der Waals surface area (Å²) in [6.07, 6.45) is 0. The third-order valence-corrected chi connectivity index (χ3v) is 7.92. The van der Waals surface area contributed by atoms with Crippen LogP contribution in [0, 0.1) is 13.8 Å². The van der Waals surface area contributed by atoms with Gasteiger partial charge >= 0.3 is 0 Å². The average Bonchev–Trinajstić information content (AvgIpc) is 2.98. The Morgan fingerprint density at radius 2 is 1.07 bits per heavy atom. The van der Waals surface area contributed by atoms with E-state index in [1.165, 1.54) is 43.8 Å². The van der Waals surface area contributed by atoms with E-state index in [-0.39, 0.29) is 0 Å². The minimum absolute atomic E-state index is 0.798. The Hall–Kier alpha value is -5.08. The Balaban J connectivity index is 1.55. The van der Waals surface area contributed by atoms with Crippen LogP contribution in [0.5, 0.6) is 0 Å². The minimum atomic E-state index is 0.798. The summed E-state index contributed by atoms with van der Waals surface area (Å²) in [5.74, 6) is 0. The predicted octanol–water partition coefficient (Wildman–Crippen LogP) is 10.5. The van der Waals surface area contributed by atoms with Crippen LogP contribution in [-0.4, -0.2) is 0 Å². The maximum Gasteiger partial charge on any atom is 0.0540 e. The van der Waals surface area contributed by atoms with E-state index in [1.54, 1.807) is 0 Å². The minimum Gasteiger partial charge on any atom is -0.398 e. The van der Waals surface area contributed by atoms with E-state index in [2.05, 4.69) is 140 Å². The molecule has 7 rings (SSSR count). The van der Waals surface area contributed by atoms with Crippen molar-refractivity contribution in [1.82, 2.24) is 0 Å². The van der Waals surface area contributed by atoms with Crippen LogP contribution in [0.25, 0.3) is 43.4 Å². The zero-order valence-electron chi connectivity index (χ0n) is 22.7. The van der Waals surface area contributed by atoms with Gasteiger partial charge in [-0.3, -0.25) is 0 Å². The molecule has 0 aliphatic rings. The Morgan fingerprint density at radius 3 is 1.75 bits per heavy atom. The molecular weight excluding hydrogens is 484 g/mol. The number of benzene rings is 7. The summed E-state index contributed by atoms with van der Waals surface area (Å²) in [6.45, 7) is 4.26. The summed E-state index contributed by atoms with van der Waals surface area (Å²) < 4.78 is 0.